The van der Waals surface area contributed by atoms with E-state index in [0.29, 0.717) is 29.3 Å². The van der Waals surface area contributed by atoms with Gasteiger partial charge in [0.05, 0.1) is 0 Å². The van der Waals surface area contributed by atoms with Crippen LogP contribution in [0.3, 0.4) is 0 Å². The van der Waals surface area contributed by atoms with E-state index in [1.165, 1.54) is 19.3 Å². The zero-order valence-electron chi connectivity index (χ0n) is 14.5. The Morgan fingerprint density at radius 1 is 0.640 bits per heavy atom. The molecule has 4 aliphatic rings. The molecule has 2 heteroatoms. The summed E-state index contributed by atoms with van der Waals surface area (Å²) in [5, 5.41) is 0. The average Bonchev–Trinajstić information content (AvgIpc) is 3.28. The van der Waals surface area contributed by atoms with Crippen LogP contribution in [0.1, 0.15) is 56.1 Å². The molecule has 0 heterocycles. The Labute approximate surface area is 149 Å². The van der Waals surface area contributed by atoms with Gasteiger partial charge in [0, 0.05) is 11.8 Å². The highest BCUT2D eigenvalue weighted by Gasteiger charge is 2.42. The molecule has 4 aliphatic carbocycles. The molecule has 128 valence electrons. The van der Waals surface area contributed by atoms with Crippen LogP contribution in [0.25, 0.3) is 12.2 Å². The summed E-state index contributed by atoms with van der Waals surface area (Å²) in [6, 6.07) is 8.35. The maximum Gasteiger partial charge on any atom is 0.162 e. The fraction of sp³-hybridized carbons (Fsp3) is 0.478. The second kappa shape index (κ2) is 5.79. The van der Waals surface area contributed by atoms with Gasteiger partial charge in [0.25, 0.3) is 0 Å². The average molecular weight is 332 g/mol. The molecular weight excluding hydrogens is 308 g/mol. The molecule has 4 unspecified atom stereocenters. The highest BCUT2D eigenvalue weighted by atomic mass is 16.1. The Bertz CT molecular complexity index is 796. The van der Waals surface area contributed by atoms with Crippen LogP contribution in [-0.2, 0) is 9.59 Å². The molecule has 0 aromatic heterocycles. The fourth-order valence-electron chi connectivity index (χ4n) is 5.51. The number of Topliss-reactive ketones (excluding diaryl/α,β-unsaturated/α-hetero) is 2. The van der Waals surface area contributed by atoms with E-state index in [1.807, 2.05) is 0 Å². The van der Waals surface area contributed by atoms with Crippen molar-refractivity contribution >= 4 is 23.7 Å². The van der Waals surface area contributed by atoms with Gasteiger partial charge < -0.3 is 0 Å². The second-order valence-electron chi connectivity index (χ2n) is 8.36. The molecule has 4 atom stereocenters. The van der Waals surface area contributed by atoms with E-state index < -0.39 is 0 Å². The van der Waals surface area contributed by atoms with E-state index in [9.17, 15) is 9.59 Å². The highest BCUT2D eigenvalue weighted by Crippen LogP contribution is 2.46. The lowest BCUT2D eigenvalue weighted by Crippen LogP contribution is -2.11. The zero-order valence-corrected chi connectivity index (χ0v) is 14.5. The lowest BCUT2D eigenvalue weighted by molar-refractivity contribution is -0.118. The predicted molar refractivity (Wildman–Crippen MR) is 98.7 cm³/mol. The van der Waals surface area contributed by atoms with Crippen LogP contribution in [-0.4, -0.2) is 11.6 Å². The lowest BCUT2D eigenvalue weighted by Gasteiger charge is -2.15. The number of carbonyl (C=O) groups excluding carboxylic acids is 2. The topological polar surface area (TPSA) is 34.1 Å². The fourth-order valence-corrected chi connectivity index (χ4v) is 5.51. The molecule has 0 aliphatic heterocycles. The molecular formula is C23H24O2. The van der Waals surface area contributed by atoms with Crippen molar-refractivity contribution in [3.63, 3.8) is 0 Å². The van der Waals surface area contributed by atoms with Gasteiger partial charge in [-0.1, -0.05) is 30.7 Å². The van der Waals surface area contributed by atoms with Crippen molar-refractivity contribution in [3.05, 3.63) is 46.5 Å². The SMILES string of the molecule is O=C1/C(=C/c2ccc(/C=C3/C(=O)C4CCC3C4)cc2)C2CCCC1C2. The van der Waals surface area contributed by atoms with E-state index in [4.69, 9.17) is 0 Å². The van der Waals surface area contributed by atoms with Crippen LogP contribution in [0, 0.1) is 23.7 Å². The molecule has 1 aromatic rings. The van der Waals surface area contributed by atoms with Crippen molar-refractivity contribution < 1.29 is 9.59 Å². The van der Waals surface area contributed by atoms with Crippen LogP contribution in [0.15, 0.2) is 35.4 Å². The number of hydrogen-bond acceptors (Lipinski definition) is 2. The van der Waals surface area contributed by atoms with Gasteiger partial charge in [0.1, 0.15) is 0 Å². The number of rotatable bonds is 2. The highest BCUT2D eigenvalue weighted by molar-refractivity contribution is 6.05. The van der Waals surface area contributed by atoms with Gasteiger partial charge in [-0.05, 0) is 84.8 Å². The number of hydrogen-bond donors (Lipinski definition) is 0. The summed E-state index contributed by atoms with van der Waals surface area (Å²) in [5.74, 6) is 2.34. The van der Waals surface area contributed by atoms with E-state index >= 15 is 0 Å². The molecule has 4 bridgehead atoms. The van der Waals surface area contributed by atoms with Crippen molar-refractivity contribution in [1.82, 2.24) is 0 Å². The van der Waals surface area contributed by atoms with Crippen LogP contribution < -0.4 is 0 Å². The van der Waals surface area contributed by atoms with Gasteiger partial charge in [-0.25, -0.2) is 0 Å². The molecule has 1 aromatic carbocycles. The first kappa shape index (κ1) is 15.3. The Morgan fingerprint density at radius 2 is 1.08 bits per heavy atom. The molecule has 0 saturated heterocycles. The minimum atomic E-state index is 0.290. The predicted octanol–water partition coefficient (Wildman–Crippen LogP) is 4.84. The van der Waals surface area contributed by atoms with Gasteiger partial charge in [0.15, 0.2) is 11.6 Å². The molecule has 4 saturated carbocycles. The monoisotopic (exact) mass is 332 g/mol. The summed E-state index contributed by atoms with van der Waals surface area (Å²) < 4.78 is 0. The van der Waals surface area contributed by atoms with Gasteiger partial charge in [-0.15, -0.1) is 0 Å². The van der Waals surface area contributed by atoms with Crippen LogP contribution in [0.5, 0.6) is 0 Å². The number of benzene rings is 1. The van der Waals surface area contributed by atoms with Crippen LogP contribution >= 0.6 is 0 Å². The summed E-state index contributed by atoms with van der Waals surface area (Å²) in [5.41, 5.74) is 4.31. The van der Waals surface area contributed by atoms with Crippen molar-refractivity contribution in [3.8, 4) is 0 Å². The third kappa shape index (κ3) is 2.54. The van der Waals surface area contributed by atoms with Crippen molar-refractivity contribution in [2.24, 2.45) is 23.7 Å². The molecule has 0 N–H and O–H groups in total. The Hall–Kier alpha value is -1.96. The maximum absolute atomic E-state index is 12.5. The minimum Gasteiger partial charge on any atom is -0.294 e. The van der Waals surface area contributed by atoms with Crippen LogP contribution in [0.4, 0.5) is 0 Å². The third-order valence-electron chi connectivity index (χ3n) is 6.88. The molecule has 0 amide bonds. The summed E-state index contributed by atoms with van der Waals surface area (Å²) in [6.45, 7) is 0. The number of carbonyl (C=O) groups is 2. The molecule has 25 heavy (non-hydrogen) atoms. The maximum atomic E-state index is 12.5. The molecule has 0 radical (unpaired) electrons. The molecule has 2 nitrogen and oxygen atoms in total. The number of fused-ring (bicyclic) bond motifs is 4. The van der Waals surface area contributed by atoms with Crippen LogP contribution in [0.2, 0.25) is 0 Å². The van der Waals surface area contributed by atoms with Gasteiger partial charge in [-0.3, -0.25) is 9.59 Å². The van der Waals surface area contributed by atoms with Crippen molar-refractivity contribution in [2.45, 2.75) is 44.9 Å². The lowest BCUT2D eigenvalue weighted by atomic mass is 9.88. The normalized spacial score (nSPS) is 36.8. The Balaban J connectivity index is 1.38. The summed E-state index contributed by atoms with van der Waals surface area (Å²) in [4.78, 5) is 24.8. The standard InChI is InChI=1S/C23H24O2/c24-22-18-3-1-2-16(12-18)20(22)10-14-4-6-15(7-5-14)11-21-17-8-9-19(13-17)23(21)25/h4-7,10-11,16-19H,1-3,8-9,12-13H2/b20-10+,21-11+. The minimum absolute atomic E-state index is 0.290. The molecule has 0 spiro atoms. The van der Waals surface area contributed by atoms with Gasteiger partial charge in [0.2, 0.25) is 0 Å². The van der Waals surface area contributed by atoms with E-state index in [0.717, 1.165) is 48.0 Å². The summed E-state index contributed by atoms with van der Waals surface area (Å²) in [7, 11) is 0. The van der Waals surface area contributed by atoms with Crippen molar-refractivity contribution in [2.75, 3.05) is 0 Å². The van der Waals surface area contributed by atoms with E-state index in [2.05, 4.69) is 36.4 Å². The Kier molecular flexibility index (Phi) is 3.55. The molecule has 5 rings (SSSR count). The number of allylic oxidation sites excluding steroid dienone is 2. The summed E-state index contributed by atoms with van der Waals surface area (Å²) in [6.07, 6.45) is 12.0. The first-order valence-electron chi connectivity index (χ1n) is 9.81. The third-order valence-corrected chi connectivity index (χ3v) is 6.88. The van der Waals surface area contributed by atoms with E-state index in [-0.39, 0.29) is 5.92 Å². The molecule has 4 fully saturated rings. The van der Waals surface area contributed by atoms with E-state index in [1.54, 1.807) is 0 Å². The quantitative estimate of drug-likeness (QED) is 0.726. The smallest absolute Gasteiger partial charge is 0.162 e. The largest absolute Gasteiger partial charge is 0.294 e. The summed E-state index contributed by atoms with van der Waals surface area (Å²) >= 11 is 0. The van der Waals surface area contributed by atoms with Gasteiger partial charge >= 0.3 is 0 Å². The zero-order chi connectivity index (χ0) is 17.0. The van der Waals surface area contributed by atoms with Crippen molar-refractivity contribution in [1.29, 1.82) is 0 Å². The van der Waals surface area contributed by atoms with Gasteiger partial charge in [-0.2, -0.15) is 0 Å². The number of ketones is 2. The first-order valence-corrected chi connectivity index (χ1v) is 9.81. The first-order chi connectivity index (χ1) is 12.2. The second-order valence-corrected chi connectivity index (χ2v) is 8.36. The Morgan fingerprint density at radius 3 is 1.60 bits per heavy atom.